The molecule has 3 aliphatic rings. The van der Waals surface area contributed by atoms with Crippen LogP contribution in [0.25, 0.3) is 0 Å². The van der Waals surface area contributed by atoms with Gasteiger partial charge in [-0.25, -0.2) is 0 Å². The normalized spacial score (nSPS) is 33.6. The van der Waals surface area contributed by atoms with Crippen LogP contribution in [0.4, 0.5) is 5.69 Å². The molecule has 5 atom stereocenters. The highest BCUT2D eigenvalue weighted by Gasteiger charge is 2.70. The van der Waals surface area contributed by atoms with Crippen LogP contribution in [0.1, 0.15) is 12.5 Å². The Bertz CT molecular complexity index is 795. The zero-order valence-electron chi connectivity index (χ0n) is 14.6. The van der Waals surface area contributed by atoms with E-state index in [4.69, 9.17) is 4.74 Å². The predicted molar refractivity (Wildman–Crippen MR) is 90.9 cm³/mol. The van der Waals surface area contributed by atoms with Gasteiger partial charge >= 0.3 is 0 Å². The standard InChI is InChI=1S/C18H21N3O5/c1-9(22)14-12-13(16(24)21(15(12)23)7-8-26-2)18(20-14)10-5-3-4-6-11(10)19-17(18)25/h3-6,9,12-14,20,22H,7-8H2,1-2H3,(H,19,25)/t9-,12-,13+,14-,18+/m0/s1. The molecule has 3 aliphatic heterocycles. The second-order valence-electron chi connectivity index (χ2n) is 7.04. The van der Waals surface area contributed by atoms with Gasteiger partial charge in [-0.2, -0.15) is 0 Å². The molecule has 1 aromatic rings. The van der Waals surface area contributed by atoms with Crippen LogP contribution >= 0.6 is 0 Å². The number of hydrogen-bond donors (Lipinski definition) is 3. The number of hydrogen-bond acceptors (Lipinski definition) is 6. The van der Waals surface area contributed by atoms with Crippen LogP contribution < -0.4 is 10.6 Å². The fourth-order valence-electron chi connectivity index (χ4n) is 4.57. The minimum atomic E-state index is -1.35. The Morgan fingerprint density at radius 1 is 1.27 bits per heavy atom. The SMILES string of the molecule is COCCN1C(=O)[C@@H]2[C@H]([C@H](C)O)N[C@@]3(C(=O)Nc4ccccc43)[C@H]2C1=O. The number of aliphatic hydroxyl groups is 1. The highest BCUT2D eigenvalue weighted by atomic mass is 16.5. The number of imide groups is 1. The molecule has 3 heterocycles. The van der Waals surface area contributed by atoms with Gasteiger partial charge in [-0.05, 0) is 13.0 Å². The maximum atomic E-state index is 13.1. The quantitative estimate of drug-likeness (QED) is 0.622. The van der Waals surface area contributed by atoms with E-state index in [2.05, 4.69) is 10.6 Å². The summed E-state index contributed by atoms with van der Waals surface area (Å²) in [4.78, 5) is 40.2. The van der Waals surface area contributed by atoms with Crippen LogP contribution in [0.15, 0.2) is 24.3 Å². The number of fused-ring (bicyclic) bond motifs is 4. The Morgan fingerprint density at radius 2 is 2.00 bits per heavy atom. The molecular weight excluding hydrogens is 338 g/mol. The van der Waals surface area contributed by atoms with Crippen molar-refractivity contribution in [1.82, 2.24) is 10.2 Å². The number of ether oxygens (including phenoxy) is 1. The highest BCUT2D eigenvalue weighted by Crippen LogP contribution is 2.53. The summed E-state index contributed by atoms with van der Waals surface area (Å²) >= 11 is 0. The molecule has 26 heavy (non-hydrogen) atoms. The van der Waals surface area contributed by atoms with Crippen molar-refractivity contribution in [2.45, 2.75) is 24.6 Å². The molecule has 2 saturated heterocycles. The lowest BCUT2D eigenvalue weighted by molar-refractivity contribution is -0.143. The van der Waals surface area contributed by atoms with Crippen molar-refractivity contribution in [3.63, 3.8) is 0 Å². The third-order valence-electron chi connectivity index (χ3n) is 5.69. The first-order valence-corrected chi connectivity index (χ1v) is 8.64. The smallest absolute Gasteiger partial charge is 0.250 e. The molecule has 8 heteroatoms. The van der Waals surface area contributed by atoms with Crippen molar-refractivity contribution >= 4 is 23.4 Å². The molecule has 0 bridgehead atoms. The lowest BCUT2D eigenvalue weighted by atomic mass is 9.76. The van der Waals surface area contributed by atoms with Crippen LogP contribution in [0, 0.1) is 11.8 Å². The van der Waals surface area contributed by atoms with Gasteiger partial charge in [-0.3, -0.25) is 24.6 Å². The molecule has 0 unspecified atom stereocenters. The number of methoxy groups -OCH3 is 1. The molecule has 1 spiro atoms. The number of carbonyl (C=O) groups is 3. The van der Waals surface area contributed by atoms with Crippen molar-refractivity contribution in [2.75, 3.05) is 25.6 Å². The van der Waals surface area contributed by atoms with Gasteiger partial charge in [-0.1, -0.05) is 18.2 Å². The average molecular weight is 359 g/mol. The molecule has 138 valence electrons. The number of anilines is 1. The van der Waals surface area contributed by atoms with E-state index >= 15 is 0 Å². The number of nitrogens with zero attached hydrogens (tertiary/aromatic N) is 1. The summed E-state index contributed by atoms with van der Waals surface area (Å²) in [6.45, 7) is 1.91. The minimum absolute atomic E-state index is 0.132. The molecule has 0 saturated carbocycles. The van der Waals surface area contributed by atoms with Crippen LogP contribution in [-0.4, -0.2) is 60.1 Å². The monoisotopic (exact) mass is 359 g/mol. The Labute approximate surface area is 150 Å². The van der Waals surface area contributed by atoms with E-state index in [1.54, 1.807) is 31.2 Å². The van der Waals surface area contributed by atoms with Crippen LogP contribution in [0.5, 0.6) is 0 Å². The van der Waals surface area contributed by atoms with Crippen molar-refractivity contribution in [2.24, 2.45) is 11.8 Å². The topological polar surface area (TPSA) is 108 Å². The summed E-state index contributed by atoms with van der Waals surface area (Å²) < 4.78 is 5.00. The third-order valence-corrected chi connectivity index (χ3v) is 5.69. The molecular formula is C18H21N3O5. The Hall–Kier alpha value is -2.29. The van der Waals surface area contributed by atoms with Gasteiger partial charge in [0.2, 0.25) is 17.7 Å². The Morgan fingerprint density at radius 3 is 2.69 bits per heavy atom. The van der Waals surface area contributed by atoms with E-state index in [0.717, 1.165) is 4.90 Å². The maximum absolute atomic E-state index is 13.1. The zero-order chi connectivity index (χ0) is 18.6. The summed E-state index contributed by atoms with van der Waals surface area (Å²) in [5, 5.41) is 16.2. The molecule has 0 aliphatic carbocycles. The summed E-state index contributed by atoms with van der Waals surface area (Å²) in [7, 11) is 1.49. The van der Waals surface area contributed by atoms with Crippen molar-refractivity contribution < 1.29 is 24.2 Å². The van der Waals surface area contributed by atoms with Crippen molar-refractivity contribution in [1.29, 1.82) is 0 Å². The minimum Gasteiger partial charge on any atom is -0.392 e. The fourth-order valence-corrected chi connectivity index (χ4v) is 4.57. The molecule has 3 N–H and O–H groups in total. The maximum Gasteiger partial charge on any atom is 0.250 e. The molecule has 4 rings (SSSR count). The number of likely N-dealkylation sites (tertiary alicyclic amines) is 1. The lowest BCUT2D eigenvalue weighted by Crippen LogP contribution is -2.55. The van der Waals surface area contributed by atoms with Gasteiger partial charge in [0.15, 0.2) is 0 Å². The van der Waals surface area contributed by atoms with Crippen LogP contribution in [0.3, 0.4) is 0 Å². The second-order valence-corrected chi connectivity index (χ2v) is 7.04. The van der Waals surface area contributed by atoms with Gasteiger partial charge in [0.1, 0.15) is 5.54 Å². The summed E-state index contributed by atoms with van der Waals surface area (Å²) in [5.41, 5.74) is -0.0965. The molecule has 0 aromatic heterocycles. The van der Waals surface area contributed by atoms with Crippen LogP contribution in [-0.2, 0) is 24.7 Å². The van der Waals surface area contributed by atoms with Gasteiger partial charge in [0, 0.05) is 24.4 Å². The molecule has 8 nitrogen and oxygen atoms in total. The fraction of sp³-hybridized carbons (Fsp3) is 0.500. The highest BCUT2D eigenvalue weighted by molar-refractivity contribution is 6.15. The average Bonchev–Trinajstić information content (AvgIpc) is 3.20. The molecule has 2 fully saturated rings. The van der Waals surface area contributed by atoms with Gasteiger partial charge in [0.25, 0.3) is 0 Å². The number of aliphatic hydroxyl groups excluding tert-OH is 1. The predicted octanol–water partition coefficient (Wildman–Crippen LogP) is -0.566. The molecule has 3 amide bonds. The number of rotatable bonds is 4. The van der Waals surface area contributed by atoms with E-state index < -0.39 is 35.4 Å². The lowest BCUT2D eigenvalue weighted by Gasteiger charge is -2.30. The van der Waals surface area contributed by atoms with Crippen molar-refractivity contribution in [3.05, 3.63) is 29.8 Å². The first-order chi connectivity index (χ1) is 12.4. The first kappa shape index (κ1) is 17.1. The zero-order valence-corrected chi connectivity index (χ0v) is 14.6. The third kappa shape index (κ3) is 2.03. The second kappa shape index (κ2) is 5.87. The summed E-state index contributed by atoms with van der Waals surface area (Å²) in [6, 6.07) is 6.43. The number of benzene rings is 1. The Balaban J connectivity index is 1.85. The van der Waals surface area contributed by atoms with Gasteiger partial charge < -0.3 is 15.2 Å². The van der Waals surface area contributed by atoms with E-state index in [0.29, 0.717) is 11.3 Å². The van der Waals surface area contributed by atoms with E-state index in [1.165, 1.54) is 7.11 Å². The number of nitrogens with one attached hydrogen (secondary N) is 2. The van der Waals surface area contributed by atoms with E-state index in [-0.39, 0.29) is 25.0 Å². The Kier molecular flexibility index (Phi) is 3.87. The summed E-state index contributed by atoms with van der Waals surface area (Å²) in [6.07, 6.45) is -0.901. The van der Waals surface area contributed by atoms with Gasteiger partial charge in [0.05, 0.1) is 31.1 Å². The number of amides is 3. The molecule has 1 aromatic carbocycles. The van der Waals surface area contributed by atoms with Gasteiger partial charge in [-0.15, -0.1) is 0 Å². The van der Waals surface area contributed by atoms with E-state index in [1.807, 2.05) is 0 Å². The first-order valence-electron chi connectivity index (χ1n) is 8.64. The van der Waals surface area contributed by atoms with Crippen LogP contribution in [0.2, 0.25) is 0 Å². The largest absolute Gasteiger partial charge is 0.392 e. The number of carbonyl (C=O) groups excluding carboxylic acids is 3. The van der Waals surface area contributed by atoms with Crippen molar-refractivity contribution in [3.8, 4) is 0 Å². The molecule has 0 radical (unpaired) electrons. The summed E-state index contributed by atoms with van der Waals surface area (Å²) in [5.74, 6) is -2.83. The van der Waals surface area contributed by atoms with E-state index in [9.17, 15) is 19.5 Å². The number of para-hydroxylation sites is 1.